The van der Waals surface area contributed by atoms with E-state index in [0.717, 1.165) is 13.2 Å². The Hall–Kier alpha value is -0.0800. The van der Waals surface area contributed by atoms with Gasteiger partial charge in [-0.1, -0.05) is 6.92 Å². The van der Waals surface area contributed by atoms with Gasteiger partial charge in [0.25, 0.3) is 0 Å². The zero-order valence-corrected chi connectivity index (χ0v) is 9.72. The quantitative estimate of drug-likeness (QED) is 0.680. The van der Waals surface area contributed by atoms with Crippen molar-refractivity contribution < 1.29 is 4.74 Å². The molecule has 0 radical (unpaired) electrons. The molecule has 0 spiro atoms. The van der Waals surface area contributed by atoms with Gasteiger partial charge in [-0.15, -0.1) is 0 Å². The maximum absolute atomic E-state index is 5.60. The van der Waals surface area contributed by atoms with Crippen molar-refractivity contribution in [3.63, 3.8) is 0 Å². The van der Waals surface area contributed by atoms with Crippen LogP contribution in [0.3, 0.4) is 0 Å². The molecular formula is C12H25NO. The average Bonchev–Trinajstić information content (AvgIpc) is 2.67. The summed E-state index contributed by atoms with van der Waals surface area (Å²) in [5.74, 6) is 0. The van der Waals surface area contributed by atoms with Crippen molar-refractivity contribution in [1.82, 2.24) is 5.32 Å². The lowest BCUT2D eigenvalue weighted by Gasteiger charge is -2.14. The second kappa shape index (κ2) is 7.24. The molecular weight excluding hydrogens is 174 g/mol. The van der Waals surface area contributed by atoms with Crippen LogP contribution in [0.15, 0.2) is 0 Å². The van der Waals surface area contributed by atoms with E-state index in [2.05, 4.69) is 19.2 Å². The van der Waals surface area contributed by atoms with Gasteiger partial charge in [0.05, 0.1) is 6.10 Å². The minimum atomic E-state index is 0.577. The summed E-state index contributed by atoms with van der Waals surface area (Å²) in [6.45, 7) is 6.65. The van der Waals surface area contributed by atoms with E-state index in [-0.39, 0.29) is 0 Å². The van der Waals surface area contributed by atoms with Gasteiger partial charge in [-0.3, -0.25) is 0 Å². The Labute approximate surface area is 88.4 Å². The molecule has 84 valence electrons. The third-order valence-corrected chi connectivity index (χ3v) is 2.93. The van der Waals surface area contributed by atoms with Crippen molar-refractivity contribution in [2.45, 2.75) is 64.5 Å². The van der Waals surface area contributed by atoms with Crippen molar-refractivity contribution in [1.29, 1.82) is 0 Å². The zero-order valence-electron chi connectivity index (χ0n) is 9.72. The third-order valence-electron chi connectivity index (χ3n) is 2.93. The maximum Gasteiger partial charge on any atom is 0.0576 e. The monoisotopic (exact) mass is 199 g/mol. The fourth-order valence-corrected chi connectivity index (χ4v) is 2.02. The fourth-order valence-electron chi connectivity index (χ4n) is 2.02. The first-order chi connectivity index (χ1) is 6.83. The molecule has 1 fully saturated rings. The van der Waals surface area contributed by atoms with E-state index in [4.69, 9.17) is 4.74 Å². The van der Waals surface area contributed by atoms with Crippen molar-refractivity contribution in [3.05, 3.63) is 0 Å². The highest BCUT2D eigenvalue weighted by Gasteiger charge is 2.14. The summed E-state index contributed by atoms with van der Waals surface area (Å²) in [5, 5.41) is 3.52. The van der Waals surface area contributed by atoms with Crippen LogP contribution in [0.5, 0.6) is 0 Å². The normalized spacial score (nSPS) is 24.0. The topological polar surface area (TPSA) is 21.3 Å². The highest BCUT2D eigenvalue weighted by Crippen LogP contribution is 2.17. The SMILES string of the molecule is CCCNC(C)CCCC1CCCO1. The summed E-state index contributed by atoms with van der Waals surface area (Å²) in [7, 11) is 0. The van der Waals surface area contributed by atoms with Crippen LogP contribution in [-0.4, -0.2) is 25.3 Å². The van der Waals surface area contributed by atoms with Crippen LogP contribution in [0.4, 0.5) is 0 Å². The molecule has 1 aliphatic heterocycles. The summed E-state index contributed by atoms with van der Waals surface area (Å²) >= 11 is 0. The summed E-state index contributed by atoms with van der Waals surface area (Å²) in [5.41, 5.74) is 0. The highest BCUT2D eigenvalue weighted by molar-refractivity contribution is 4.67. The van der Waals surface area contributed by atoms with Crippen molar-refractivity contribution in [2.24, 2.45) is 0 Å². The first-order valence-electron chi connectivity index (χ1n) is 6.18. The number of ether oxygens (including phenoxy) is 1. The Morgan fingerprint density at radius 1 is 1.50 bits per heavy atom. The second-order valence-corrected chi connectivity index (χ2v) is 4.42. The third kappa shape index (κ3) is 4.97. The smallest absolute Gasteiger partial charge is 0.0576 e. The Kier molecular flexibility index (Phi) is 6.20. The molecule has 0 aromatic heterocycles. The van der Waals surface area contributed by atoms with Gasteiger partial charge in [0.15, 0.2) is 0 Å². The van der Waals surface area contributed by atoms with Crippen molar-refractivity contribution in [3.8, 4) is 0 Å². The summed E-state index contributed by atoms with van der Waals surface area (Å²) < 4.78 is 5.60. The Balaban J connectivity index is 1.91. The molecule has 1 N–H and O–H groups in total. The Morgan fingerprint density at radius 3 is 3.00 bits per heavy atom. The van der Waals surface area contributed by atoms with Gasteiger partial charge in [0, 0.05) is 12.6 Å². The van der Waals surface area contributed by atoms with E-state index in [1.807, 2.05) is 0 Å². The van der Waals surface area contributed by atoms with Gasteiger partial charge in [-0.05, 0) is 52.0 Å². The predicted octanol–water partition coefficient (Wildman–Crippen LogP) is 2.72. The van der Waals surface area contributed by atoms with Gasteiger partial charge >= 0.3 is 0 Å². The zero-order chi connectivity index (χ0) is 10.2. The van der Waals surface area contributed by atoms with E-state index >= 15 is 0 Å². The van der Waals surface area contributed by atoms with E-state index < -0.39 is 0 Å². The molecule has 0 amide bonds. The fraction of sp³-hybridized carbons (Fsp3) is 1.00. The molecule has 0 aromatic rings. The average molecular weight is 199 g/mol. The summed E-state index contributed by atoms with van der Waals surface area (Å²) in [6.07, 6.45) is 8.23. The standard InChI is InChI=1S/C12H25NO/c1-3-9-13-11(2)6-4-7-12-8-5-10-14-12/h11-13H,3-10H2,1-2H3. The van der Waals surface area contributed by atoms with Crippen LogP contribution in [-0.2, 0) is 4.74 Å². The van der Waals surface area contributed by atoms with Crippen LogP contribution >= 0.6 is 0 Å². The van der Waals surface area contributed by atoms with Crippen molar-refractivity contribution in [2.75, 3.05) is 13.2 Å². The van der Waals surface area contributed by atoms with E-state index in [9.17, 15) is 0 Å². The van der Waals surface area contributed by atoms with Gasteiger partial charge in [-0.2, -0.15) is 0 Å². The van der Waals surface area contributed by atoms with Crippen LogP contribution < -0.4 is 5.32 Å². The molecule has 2 nitrogen and oxygen atoms in total. The molecule has 14 heavy (non-hydrogen) atoms. The van der Waals surface area contributed by atoms with Crippen LogP contribution in [0.2, 0.25) is 0 Å². The lowest BCUT2D eigenvalue weighted by atomic mass is 10.1. The van der Waals surface area contributed by atoms with Crippen LogP contribution in [0.25, 0.3) is 0 Å². The molecule has 0 aliphatic carbocycles. The van der Waals surface area contributed by atoms with Gasteiger partial charge in [0.1, 0.15) is 0 Å². The molecule has 1 heterocycles. The van der Waals surface area contributed by atoms with E-state index in [1.54, 1.807) is 0 Å². The van der Waals surface area contributed by atoms with Gasteiger partial charge in [0.2, 0.25) is 0 Å². The largest absolute Gasteiger partial charge is 0.378 e. The van der Waals surface area contributed by atoms with Crippen molar-refractivity contribution >= 4 is 0 Å². The molecule has 0 saturated carbocycles. The van der Waals surface area contributed by atoms with Crippen LogP contribution in [0.1, 0.15) is 52.4 Å². The van der Waals surface area contributed by atoms with Gasteiger partial charge in [-0.25, -0.2) is 0 Å². The molecule has 2 heteroatoms. The predicted molar refractivity (Wildman–Crippen MR) is 60.6 cm³/mol. The lowest BCUT2D eigenvalue weighted by molar-refractivity contribution is 0.101. The summed E-state index contributed by atoms with van der Waals surface area (Å²) in [4.78, 5) is 0. The molecule has 1 rings (SSSR count). The highest BCUT2D eigenvalue weighted by atomic mass is 16.5. The molecule has 0 aromatic carbocycles. The Bertz CT molecular complexity index is 132. The van der Waals surface area contributed by atoms with Gasteiger partial charge < -0.3 is 10.1 Å². The lowest BCUT2D eigenvalue weighted by Crippen LogP contribution is -2.26. The second-order valence-electron chi connectivity index (χ2n) is 4.42. The Morgan fingerprint density at radius 2 is 2.36 bits per heavy atom. The number of nitrogens with one attached hydrogen (secondary N) is 1. The number of rotatable bonds is 7. The minimum Gasteiger partial charge on any atom is -0.378 e. The minimum absolute atomic E-state index is 0.577. The first-order valence-corrected chi connectivity index (χ1v) is 6.18. The molecule has 1 aliphatic rings. The molecule has 0 bridgehead atoms. The van der Waals surface area contributed by atoms with E-state index in [0.29, 0.717) is 12.1 Å². The first kappa shape index (κ1) is 12.0. The summed E-state index contributed by atoms with van der Waals surface area (Å²) in [6, 6.07) is 0.677. The molecule has 2 atom stereocenters. The number of hydrogen-bond donors (Lipinski definition) is 1. The van der Waals surface area contributed by atoms with E-state index in [1.165, 1.54) is 38.5 Å². The molecule has 1 saturated heterocycles. The van der Waals surface area contributed by atoms with Crippen LogP contribution in [0, 0.1) is 0 Å². The number of hydrogen-bond acceptors (Lipinski definition) is 2. The maximum atomic E-state index is 5.60. The molecule has 2 unspecified atom stereocenters.